The fraction of sp³-hybridized carbons (Fsp3) is 0.121. The predicted octanol–water partition coefficient (Wildman–Crippen LogP) is 17.7. The summed E-state index contributed by atoms with van der Waals surface area (Å²) in [5.41, 5.74) is 20.7. The van der Waals surface area contributed by atoms with Crippen LogP contribution in [-0.4, -0.2) is 0 Å². The Morgan fingerprint density at radius 1 is 0.368 bits per heavy atom. The molecule has 10 aromatic carbocycles. The standard InChI is InChI=1S/C66H50N2/c1-4-17-47(18-5-1)65-54-23-11-10-16-45(54)32-39-64(65)68(50-21-8-3-9-22-50)53-36-38-58-56-25-13-15-27-61(56)66(63(58)43-53)60-26-14-12-24-55(60)57-37-35-52(42-62(57)66)67(49-19-6-2-7-20-49)51-33-30-46(31-34-51)59-41-44-28-29-48(59)40-44/h1-27,30-39,42-44,48,59H,28-29,40-41H2. The number of nitrogens with zero attached hydrogens (tertiary/aromatic N) is 2. The molecule has 10 aromatic rings. The van der Waals surface area contributed by atoms with Crippen molar-refractivity contribution in [2.75, 3.05) is 9.80 Å². The smallest absolute Gasteiger partial charge is 0.0727 e. The number of hydrogen-bond donors (Lipinski definition) is 0. The van der Waals surface area contributed by atoms with Gasteiger partial charge in [-0.05, 0) is 170 Å². The van der Waals surface area contributed by atoms with E-state index in [9.17, 15) is 0 Å². The lowest BCUT2D eigenvalue weighted by Crippen LogP contribution is -2.26. The van der Waals surface area contributed by atoms with Crippen molar-refractivity contribution in [3.05, 3.63) is 264 Å². The third-order valence-electron chi connectivity index (χ3n) is 16.1. The van der Waals surface area contributed by atoms with Crippen molar-refractivity contribution in [3.63, 3.8) is 0 Å². The van der Waals surface area contributed by atoms with Gasteiger partial charge in [0.15, 0.2) is 0 Å². The van der Waals surface area contributed by atoms with E-state index in [0.29, 0.717) is 5.92 Å². The van der Waals surface area contributed by atoms with E-state index in [1.807, 2.05) is 0 Å². The van der Waals surface area contributed by atoms with Gasteiger partial charge in [-0.2, -0.15) is 0 Å². The quantitative estimate of drug-likeness (QED) is 0.150. The summed E-state index contributed by atoms with van der Waals surface area (Å²) in [6.45, 7) is 0. The lowest BCUT2D eigenvalue weighted by Gasteiger charge is -2.34. The highest BCUT2D eigenvalue weighted by molar-refractivity contribution is 6.06. The molecule has 0 aliphatic heterocycles. The van der Waals surface area contributed by atoms with Gasteiger partial charge in [-0.1, -0.05) is 176 Å². The molecule has 4 atom stereocenters. The molecular weight excluding hydrogens is 821 g/mol. The first kappa shape index (κ1) is 39.2. The third kappa shape index (κ3) is 5.90. The van der Waals surface area contributed by atoms with Crippen molar-refractivity contribution in [1.29, 1.82) is 0 Å². The monoisotopic (exact) mass is 870 g/mol. The van der Waals surface area contributed by atoms with Crippen LogP contribution in [-0.2, 0) is 5.41 Å². The summed E-state index contributed by atoms with van der Waals surface area (Å²) >= 11 is 0. The van der Waals surface area contributed by atoms with Crippen molar-refractivity contribution in [2.24, 2.45) is 11.8 Å². The molecule has 0 amide bonds. The van der Waals surface area contributed by atoms with E-state index in [1.165, 1.54) is 103 Å². The molecule has 324 valence electrons. The second-order valence-electron chi connectivity index (χ2n) is 19.6. The molecule has 0 N–H and O–H groups in total. The van der Waals surface area contributed by atoms with Crippen molar-refractivity contribution < 1.29 is 0 Å². The average Bonchev–Trinajstić information content (AvgIpc) is 4.19. The zero-order chi connectivity index (χ0) is 44.8. The van der Waals surface area contributed by atoms with Crippen LogP contribution in [0.5, 0.6) is 0 Å². The molecule has 2 nitrogen and oxygen atoms in total. The van der Waals surface area contributed by atoms with Crippen LogP contribution in [0.3, 0.4) is 0 Å². The van der Waals surface area contributed by atoms with Crippen LogP contribution in [0.15, 0.2) is 237 Å². The summed E-state index contributed by atoms with van der Waals surface area (Å²) in [6.07, 6.45) is 5.58. The van der Waals surface area contributed by atoms with Crippen LogP contribution in [0.25, 0.3) is 44.2 Å². The van der Waals surface area contributed by atoms with E-state index in [-0.39, 0.29) is 0 Å². The molecular formula is C66H50N2. The van der Waals surface area contributed by atoms with Gasteiger partial charge in [-0.25, -0.2) is 0 Å². The molecule has 2 saturated carbocycles. The van der Waals surface area contributed by atoms with E-state index in [0.717, 1.165) is 40.3 Å². The second-order valence-corrected chi connectivity index (χ2v) is 19.6. The first-order valence-corrected chi connectivity index (χ1v) is 24.6. The lowest BCUT2D eigenvalue weighted by atomic mass is 9.70. The first-order chi connectivity index (χ1) is 33.7. The van der Waals surface area contributed by atoms with Crippen molar-refractivity contribution in [1.82, 2.24) is 0 Å². The molecule has 68 heavy (non-hydrogen) atoms. The summed E-state index contributed by atoms with van der Waals surface area (Å²) in [6, 6.07) is 88.8. The van der Waals surface area contributed by atoms with Gasteiger partial charge in [-0.15, -0.1) is 0 Å². The SMILES string of the molecule is c1ccc(-c2c(N(c3ccccc3)c3ccc4c(c3)C3(c5ccccc5-c5ccc(N(c6ccccc6)c6ccc(C7CC8CCC7C8)cc6)cc53)c3ccccc3-4)ccc3ccccc23)cc1. The summed E-state index contributed by atoms with van der Waals surface area (Å²) < 4.78 is 0. The maximum absolute atomic E-state index is 2.52. The minimum atomic E-state index is -0.564. The van der Waals surface area contributed by atoms with Gasteiger partial charge < -0.3 is 9.80 Å². The van der Waals surface area contributed by atoms with E-state index >= 15 is 0 Å². The molecule has 1 spiro atoms. The molecule has 4 unspecified atom stereocenters. The minimum absolute atomic E-state index is 0.564. The van der Waals surface area contributed by atoms with Crippen LogP contribution >= 0.6 is 0 Å². The Kier molecular flexibility index (Phi) is 8.99. The van der Waals surface area contributed by atoms with Crippen LogP contribution in [0.2, 0.25) is 0 Å². The predicted molar refractivity (Wildman–Crippen MR) is 283 cm³/mol. The second kappa shape index (κ2) is 15.6. The van der Waals surface area contributed by atoms with Crippen molar-refractivity contribution in [3.8, 4) is 33.4 Å². The van der Waals surface area contributed by atoms with Gasteiger partial charge in [0.05, 0.1) is 11.1 Å². The maximum atomic E-state index is 2.52. The molecule has 0 radical (unpaired) electrons. The average molecular weight is 871 g/mol. The molecule has 0 saturated heterocycles. The highest BCUT2D eigenvalue weighted by Gasteiger charge is 2.52. The van der Waals surface area contributed by atoms with Gasteiger partial charge in [-0.3, -0.25) is 0 Å². The fourth-order valence-electron chi connectivity index (χ4n) is 13.3. The number of anilines is 6. The van der Waals surface area contributed by atoms with Gasteiger partial charge in [0.1, 0.15) is 0 Å². The van der Waals surface area contributed by atoms with E-state index < -0.39 is 5.41 Å². The molecule has 4 aliphatic rings. The van der Waals surface area contributed by atoms with Crippen LogP contribution in [0, 0.1) is 11.8 Å². The normalized spacial score (nSPS) is 19.1. The summed E-state index contributed by atoms with van der Waals surface area (Å²) in [4.78, 5) is 4.96. The molecule has 14 rings (SSSR count). The van der Waals surface area contributed by atoms with Gasteiger partial charge in [0.2, 0.25) is 0 Å². The Balaban J connectivity index is 0.988. The summed E-state index contributed by atoms with van der Waals surface area (Å²) in [5, 5.41) is 2.46. The van der Waals surface area contributed by atoms with Crippen molar-refractivity contribution >= 4 is 44.9 Å². The molecule has 2 bridgehead atoms. The number of para-hydroxylation sites is 2. The third-order valence-corrected chi connectivity index (χ3v) is 16.1. The largest absolute Gasteiger partial charge is 0.310 e. The highest BCUT2D eigenvalue weighted by atomic mass is 15.1. The topological polar surface area (TPSA) is 6.48 Å². The number of fused-ring (bicyclic) bond motifs is 13. The highest BCUT2D eigenvalue weighted by Crippen LogP contribution is 2.64. The molecule has 2 fully saturated rings. The van der Waals surface area contributed by atoms with Crippen molar-refractivity contribution in [2.45, 2.75) is 37.0 Å². The van der Waals surface area contributed by atoms with Gasteiger partial charge in [0, 0.05) is 34.0 Å². The Bertz CT molecular complexity index is 3530. The Morgan fingerprint density at radius 3 is 1.50 bits per heavy atom. The first-order valence-electron chi connectivity index (χ1n) is 24.6. The number of benzene rings is 10. The zero-order valence-corrected chi connectivity index (χ0v) is 38.0. The van der Waals surface area contributed by atoms with E-state index in [1.54, 1.807) is 0 Å². The zero-order valence-electron chi connectivity index (χ0n) is 38.0. The molecule has 4 aliphatic carbocycles. The molecule has 2 heteroatoms. The maximum Gasteiger partial charge on any atom is 0.0727 e. The van der Waals surface area contributed by atoms with E-state index in [4.69, 9.17) is 0 Å². The Morgan fingerprint density at radius 2 is 0.882 bits per heavy atom. The van der Waals surface area contributed by atoms with Crippen LogP contribution in [0.1, 0.15) is 59.4 Å². The lowest BCUT2D eigenvalue weighted by molar-refractivity contribution is 0.420. The van der Waals surface area contributed by atoms with Gasteiger partial charge in [0.25, 0.3) is 0 Å². The van der Waals surface area contributed by atoms with Gasteiger partial charge >= 0.3 is 0 Å². The fourth-order valence-corrected chi connectivity index (χ4v) is 13.3. The number of rotatable bonds is 8. The summed E-state index contributed by atoms with van der Waals surface area (Å²) in [5.74, 6) is 2.46. The molecule has 0 heterocycles. The Labute approximate surface area is 399 Å². The number of hydrogen-bond acceptors (Lipinski definition) is 2. The Hall–Kier alpha value is -7.94. The summed E-state index contributed by atoms with van der Waals surface area (Å²) in [7, 11) is 0. The van der Waals surface area contributed by atoms with Crippen LogP contribution < -0.4 is 9.80 Å². The van der Waals surface area contributed by atoms with E-state index in [2.05, 4.69) is 246 Å². The molecule has 0 aromatic heterocycles. The van der Waals surface area contributed by atoms with Crippen LogP contribution in [0.4, 0.5) is 34.1 Å². The minimum Gasteiger partial charge on any atom is -0.310 e.